The van der Waals surface area contributed by atoms with Gasteiger partial charge in [-0.05, 0) is 12.1 Å². The molecule has 0 amide bonds. The molecule has 1 aromatic carbocycles. The Kier molecular flexibility index (Phi) is 3.73. The third-order valence-corrected chi connectivity index (χ3v) is 1.88. The normalized spacial score (nSPS) is 10.5. The van der Waals surface area contributed by atoms with E-state index in [1.54, 1.807) is 14.2 Å². The van der Waals surface area contributed by atoms with Crippen LogP contribution in [0.4, 0.5) is 5.69 Å². The number of anilines is 1. The van der Waals surface area contributed by atoms with Gasteiger partial charge in [-0.15, -0.1) is 0 Å². The SMILES string of the molecule is COC(OC)N(C)c1ccccc1. The molecule has 0 aliphatic heterocycles. The van der Waals surface area contributed by atoms with E-state index in [-0.39, 0.29) is 6.41 Å². The van der Waals surface area contributed by atoms with E-state index in [0.29, 0.717) is 0 Å². The zero-order valence-electron chi connectivity index (χ0n) is 8.23. The molecule has 0 heterocycles. The molecular formula is C10H15NO2. The average molecular weight is 181 g/mol. The van der Waals surface area contributed by atoms with Crippen LogP contribution >= 0.6 is 0 Å². The number of ether oxygens (including phenoxy) is 2. The smallest absolute Gasteiger partial charge is 0.239 e. The van der Waals surface area contributed by atoms with Crippen LogP contribution in [0, 0.1) is 0 Å². The van der Waals surface area contributed by atoms with Crippen molar-refractivity contribution in [3.8, 4) is 0 Å². The quantitative estimate of drug-likeness (QED) is 0.660. The summed E-state index contributed by atoms with van der Waals surface area (Å²) in [5, 5.41) is 0. The third kappa shape index (κ3) is 2.44. The first kappa shape index (κ1) is 10.0. The zero-order valence-corrected chi connectivity index (χ0v) is 8.23. The largest absolute Gasteiger partial charge is 0.339 e. The monoisotopic (exact) mass is 181 g/mol. The number of nitrogens with zero attached hydrogens (tertiary/aromatic N) is 1. The van der Waals surface area contributed by atoms with E-state index in [4.69, 9.17) is 9.47 Å². The van der Waals surface area contributed by atoms with Gasteiger partial charge in [-0.1, -0.05) is 18.2 Å². The van der Waals surface area contributed by atoms with Crippen molar-refractivity contribution >= 4 is 5.69 Å². The molecule has 0 radical (unpaired) electrons. The highest BCUT2D eigenvalue weighted by molar-refractivity contribution is 5.44. The maximum atomic E-state index is 5.12. The van der Waals surface area contributed by atoms with Gasteiger partial charge in [0, 0.05) is 27.0 Å². The first-order chi connectivity index (χ1) is 6.29. The molecule has 0 bridgehead atoms. The molecule has 0 atom stereocenters. The minimum absolute atomic E-state index is 0.331. The fourth-order valence-electron chi connectivity index (χ4n) is 1.20. The van der Waals surface area contributed by atoms with E-state index in [2.05, 4.69) is 0 Å². The van der Waals surface area contributed by atoms with Crippen molar-refractivity contribution < 1.29 is 9.47 Å². The number of methoxy groups -OCH3 is 2. The lowest BCUT2D eigenvalue weighted by molar-refractivity contribution is -0.0991. The van der Waals surface area contributed by atoms with Crippen LogP contribution in [0.1, 0.15) is 0 Å². The molecule has 1 rings (SSSR count). The van der Waals surface area contributed by atoms with Crippen LogP contribution < -0.4 is 4.90 Å². The van der Waals surface area contributed by atoms with Crippen LogP contribution in [-0.4, -0.2) is 27.7 Å². The Hall–Kier alpha value is -1.06. The summed E-state index contributed by atoms with van der Waals surface area (Å²) >= 11 is 0. The molecule has 0 fully saturated rings. The highest BCUT2D eigenvalue weighted by Crippen LogP contribution is 2.14. The second kappa shape index (κ2) is 4.84. The van der Waals surface area contributed by atoms with Gasteiger partial charge in [-0.25, -0.2) is 0 Å². The van der Waals surface area contributed by atoms with Crippen molar-refractivity contribution in [2.45, 2.75) is 6.41 Å². The topological polar surface area (TPSA) is 21.7 Å². The molecule has 0 saturated heterocycles. The summed E-state index contributed by atoms with van der Waals surface area (Å²) in [6, 6.07) is 9.95. The lowest BCUT2D eigenvalue weighted by Crippen LogP contribution is -2.34. The predicted octanol–water partition coefficient (Wildman–Crippen LogP) is 1.70. The molecule has 0 spiro atoms. The summed E-state index contributed by atoms with van der Waals surface area (Å²) in [7, 11) is 5.16. The summed E-state index contributed by atoms with van der Waals surface area (Å²) in [6.07, 6.45) is -0.331. The predicted molar refractivity (Wildman–Crippen MR) is 52.7 cm³/mol. The van der Waals surface area contributed by atoms with Crippen molar-refractivity contribution in [2.24, 2.45) is 0 Å². The highest BCUT2D eigenvalue weighted by atomic mass is 16.7. The van der Waals surface area contributed by atoms with E-state index < -0.39 is 0 Å². The fraction of sp³-hybridized carbons (Fsp3) is 0.400. The molecule has 3 heteroatoms. The van der Waals surface area contributed by atoms with Crippen molar-refractivity contribution in [1.29, 1.82) is 0 Å². The maximum absolute atomic E-state index is 5.12. The molecule has 0 unspecified atom stereocenters. The number of hydrogen-bond acceptors (Lipinski definition) is 3. The molecule has 72 valence electrons. The molecule has 0 N–H and O–H groups in total. The maximum Gasteiger partial charge on any atom is 0.239 e. The first-order valence-electron chi connectivity index (χ1n) is 4.13. The van der Waals surface area contributed by atoms with E-state index in [0.717, 1.165) is 5.69 Å². The van der Waals surface area contributed by atoms with Gasteiger partial charge >= 0.3 is 0 Å². The molecule has 3 nitrogen and oxygen atoms in total. The number of hydrogen-bond donors (Lipinski definition) is 0. The Bertz CT molecular complexity index is 234. The van der Waals surface area contributed by atoms with Gasteiger partial charge in [0.1, 0.15) is 0 Å². The van der Waals surface area contributed by atoms with Crippen molar-refractivity contribution in [3.05, 3.63) is 30.3 Å². The molecular weight excluding hydrogens is 166 g/mol. The zero-order chi connectivity index (χ0) is 9.68. The standard InChI is InChI=1S/C10H15NO2/c1-11(10(12-2)13-3)9-7-5-4-6-8-9/h4-8,10H,1-3H3. The Morgan fingerprint density at radius 3 is 2.08 bits per heavy atom. The van der Waals surface area contributed by atoms with Gasteiger partial charge in [-0.2, -0.15) is 0 Å². The van der Waals surface area contributed by atoms with E-state index >= 15 is 0 Å². The minimum Gasteiger partial charge on any atom is -0.339 e. The fourth-order valence-corrected chi connectivity index (χ4v) is 1.20. The van der Waals surface area contributed by atoms with Crippen LogP contribution in [0.25, 0.3) is 0 Å². The lowest BCUT2D eigenvalue weighted by atomic mass is 10.3. The van der Waals surface area contributed by atoms with E-state index in [9.17, 15) is 0 Å². The van der Waals surface area contributed by atoms with Crippen LogP contribution in [0.3, 0.4) is 0 Å². The van der Waals surface area contributed by atoms with Crippen LogP contribution in [0.2, 0.25) is 0 Å². The number of rotatable bonds is 4. The molecule has 0 aromatic heterocycles. The Balaban J connectivity index is 2.72. The number of benzene rings is 1. The van der Waals surface area contributed by atoms with Gasteiger partial charge in [0.25, 0.3) is 0 Å². The highest BCUT2D eigenvalue weighted by Gasteiger charge is 2.11. The van der Waals surface area contributed by atoms with Crippen molar-refractivity contribution in [2.75, 3.05) is 26.2 Å². The molecule has 0 saturated carbocycles. The minimum atomic E-state index is -0.331. The van der Waals surface area contributed by atoms with Gasteiger partial charge in [-0.3, -0.25) is 0 Å². The molecule has 0 aliphatic carbocycles. The molecule has 1 aromatic rings. The van der Waals surface area contributed by atoms with Crippen LogP contribution in [0.15, 0.2) is 30.3 Å². The van der Waals surface area contributed by atoms with Gasteiger partial charge in [0.2, 0.25) is 6.41 Å². The van der Waals surface area contributed by atoms with E-state index in [1.807, 2.05) is 42.3 Å². The Morgan fingerprint density at radius 2 is 1.62 bits per heavy atom. The second-order valence-corrected chi connectivity index (χ2v) is 2.72. The summed E-state index contributed by atoms with van der Waals surface area (Å²) in [4.78, 5) is 1.92. The van der Waals surface area contributed by atoms with Crippen LogP contribution in [-0.2, 0) is 9.47 Å². The third-order valence-electron chi connectivity index (χ3n) is 1.88. The summed E-state index contributed by atoms with van der Waals surface area (Å²) in [5.41, 5.74) is 1.07. The first-order valence-corrected chi connectivity index (χ1v) is 4.13. The summed E-state index contributed by atoms with van der Waals surface area (Å²) in [6.45, 7) is 0. The lowest BCUT2D eigenvalue weighted by Gasteiger charge is -2.26. The number of para-hydroxylation sites is 1. The molecule has 13 heavy (non-hydrogen) atoms. The van der Waals surface area contributed by atoms with Gasteiger partial charge in [0.05, 0.1) is 0 Å². The average Bonchev–Trinajstić information content (AvgIpc) is 2.21. The Morgan fingerprint density at radius 1 is 1.08 bits per heavy atom. The van der Waals surface area contributed by atoms with E-state index in [1.165, 1.54) is 0 Å². The second-order valence-electron chi connectivity index (χ2n) is 2.72. The van der Waals surface area contributed by atoms with Crippen LogP contribution in [0.5, 0.6) is 0 Å². The van der Waals surface area contributed by atoms with Gasteiger partial charge in [0.15, 0.2) is 0 Å². The van der Waals surface area contributed by atoms with Gasteiger partial charge < -0.3 is 14.4 Å². The molecule has 0 aliphatic rings. The van der Waals surface area contributed by atoms with Crippen molar-refractivity contribution in [3.63, 3.8) is 0 Å². The van der Waals surface area contributed by atoms with Crippen molar-refractivity contribution in [1.82, 2.24) is 0 Å². The summed E-state index contributed by atoms with van der Waals surface area (Å²) in [5.74, 6) is 0. The summed E-state index contributed by atoms with van der Waals surface area (Å²) < 4.78 is 10.2. The Labute approximate surface area is 78.9 Å².